The third-order valence-electron chi connectivity index (χ3n) is 6.78. The molecular weight excluding hydrogens is 402 g/mol. The van der Waals surface area contributed by atoms with Gasteiger partial charge in [-0.2, -0.15) is 10.2 Å². The number of hydrogen-bond donors (Lipinski definition) is 2. The Morgan fingerprint density at radius 3 is 2.72 bits per heavy atom. The molecule has 1 aromatic carbocycles. The highest BCUT2D eigenvalue weighted by Crippen LogP contribution is 2.43. The highest BCUT2D eigenvalue weighted by atomic mass is 16.2. The van der Waals surface area contributed by atoms with Gasteiger partial charge in [0.05, 0.1) is 28.3 Å². The topological polar surface area (TPSA) is 83.8 Å². The summed E-state index contributed by atoms with van der Waals surface area (Å²) in [6, 6.07) is 14.5. The number of hydrogen-bond acceptors (Lipinski definition) is 4. The summed E-state index contributed by atoms with van der Waals surface area (Å²) < 4.78 is 4.04. The molecule has 2 aliphatic rings. The summed E-state index contributed by atoms with van der Waals surface area (Å²) in [6.45, 7) is 3.31. The Morgan fingerprint density at radius 2 is 1.94 bits per heavy atom. The van der Waals surface area contributed by atoms with E-state index in [1.165, 1.54) is 11.4 Å². The van der Waals surface area contributed by atoms with Crippen molar-refractivity contribution in [3.63, 3.8) is 0 Å². The van der Waals surface area contributed by atoms with Crippen molar-refractivity contribution >= 4 is 11.6 Å². The van der Waals surface area contributed by atoms with Gasteiger partial charge in [0.1, 0.15) is 5.69 Å². The maximum Gasteiger partial charge on any atom is 0.271 e. The fourth-order valence-corrected chi connectivity index (χ4v) is 5.16. The van der Waals surface area contributed by atoms with Crippen LogP contribution in [0.1, 0.15) is 34.7 Å². The van der Waals surface area contributed by atoms with E-state index in [-0.39, 0.29) is 11.4 Å². The number of aromatic amines is 1. The molecule has 0 bridgehead atoms. The first-order valence-corrected chi connectivity index (χ1v) is 10.9. The lowest BCUT2D eigenvalue weighted by Gasteiger charge is -2.46. The molecule has 162 valence electrons. The predicted molar refractivity (Wildman–Crippen MR) is 122 cm³/mol. The van der Waals surface area contributed by atoms with Crippen molar-refractivity contribution in [2.75, 3.05) is 18.4 Å². The van der Waals surface area contributed by atoms with Crippen LogP contribution in [0.25, 0.3) is 16.9 Å². The molecule has 1 spiro atoms. The second-order valence-corrected chi connectivity index (χ2v) is 8.75. The molecule has 0 radical (unpaired) electrons. The molecule has 0 atom stereocenters. The number of para-hydroxylation sites is 2. The minimum Gasteiger partial charge on any atom is -0.372 e. The molecule has 1 saturated heterocycles. The molecule has 1 amide bonds. The Labute approximate surface area is 185 Å². The quantitative estimate of drug-likeness (QED) is 0.513. The lowest BCUT2D eigenvalue weighted by atomic mass is 9.82. The molecule has 6 rings (SSSR count). The van der Waals surface area contributed by atoms with Crippen molar-refractivity contribution in [2.45, 2.75) is 25.3 Å². The van der Waals surface area contributed by atoms with Crippen LogP contribution in [0.2, 0.25) is 0 Å². The molecule has 2 N–H and O–H groups in total. The van der Waals surface area contributed by atoms with E-state index < -0.39 is 0 Å². The molecule has 0 unspecified atom stereocenters. The first-order valence-electron chi connectivity index (χ1n) is 10.9. The molecule has 4 aromatic rings. The van der Waals surface area contributed by atoms with Gasteiger partial charge >= 0.3 is 0 Å². The SMILES string of the molecule is Cc1nn(C)cc1-c1cc(C(=O)N2CCC3(CC2)Nc2ccccc2-n2cccc23)[nH]n1. The number of carbonyl (C=O) groups is 1. The van der Waals surface area contributed by atoms with Crippen LogP contribution < -0.4 is 5.32 Å². The third kappa shape index (κ3) is 2.79. The monoisotopic (exact) mass is 427 g/mol. The molecule has 0 aliphatic carbocycles. The summed E-state index contributed by atoms with van der Waals surface area (Å²) in [7, 11) is 1.88. The van der Waals surface area contributed by atoms with Gasteiger partial charge in [-0.15, -0.1) is 0 Å². The third-order valence-corrected chi connectivity index (χ3v) is 6.78. The average molecular weight is 428 g/mol. The Bertz CT molecular complexity index is 1320. The Morgan fingerprint density at radius 1 is 1.12 bits per heavy atom. The number of nitrogens with one attached hydrogen (secondary N) is 2. The van der Waals surface area contributed by atoms with Crippen LogP contribution in [-0.4, -0.2) is 48.4 Å². The summed E-state index contributed by atoms with van der Waals surface area (Å²) in [5.41, 5.74) is 6.50. The number of likely N-dealkylation sites (tertiary alicyclic amines) is 1. The van der Waals surface area contributed by atoms with E-state index in [0.29, 0.717) is 18.8 Å². The number of aromatic nitrogens is 5. The number of fused-ring (bicyclic) bond motifs is 4. The maximum atomic E-state index is 13.2. The number of H-pyrrole nitrogens is 1. The van der Waals surface area contributed by atoms with Gasteiger partial charge in [0.15, 0.2) is 0 Å². The highest BCUT2D eigenvalue weighted by molar-refractivity contribution is 5.93. The van der Waals surface area contributed by atoms with Crippen LogP contribution in [0.15, 0.2) is 54.9 Å². The zero-order valence-corrected chi connectivity index (χ0v) is 18.2. The van der Waals surface area contributed by atoms with E-state index in [4.69, 9.17) is 0 Å². The molecule has 5 heterocycles. The number of benzene rings is 1. The van der Waals surface area contributed by atoms with Crippen molar-refractivity contribution in [3.8, 4) is 16.9 Å². The van der Waals surface area contributed by atoms with Crippen LogP contribution in [0.4, 0.5) is 5.69 Å². The van der Waals surface area contributed by atoms with Crippen molar-refractivity contribution in [1.29, 1.82) is 0 Å². The Balaban J connectivity index is 1.22. The summed E-state index contributed by atoms with van der Waals surface area (Å²) >= 11 is 0. The lowest BCUT2D eigenvalue weighted by molar-refractivity contribution is 0.0670. The fraction of sp³-hybridized carbons (Fsp3) is 0.292. The molecule has 2 aliphatic heterocycles. The van der Waals surface area contributed by atoms with E-state index in [0.717, 1.165) is 35.5 Å². The number of carbonyl (C=O) groups excluding carboxylic acids is 1. The molecule has 32 heavy (non-hydrogen) atoms. The number of amides is 1. The van der Waals surface area contributed by atoms with Gasteiger partial charge in [0, 0.05) is 43.8 Å². The maximum absolute atomic E-state index is 13.2. The lowest BCUT2D eigenvalue weighted by Crippen LogP contribution is -2.51. The summed E-state index contributed by atoms with van der Waals surface area (Å²) in [5.74, 6) is -0.00765. The van der Waals surface area contributed by atoms with Crippen molar-refractivity contribution < 1.29 is 4.79 Å². The highest BCUT2D eigenvalue weighted by Gasteiger charge is 2.42. The smallest absolute Gasteiger partial charge is 0.271 e. The largest absolute Gasteiger partial charge is 0.372 e. The number of nitrogens with zero attached hydrogens (tertiary/aromatic N) is 5. The van der Waals surface area contributed by atoms with E-state index in [9.17, 15) is 4.79 Å². The summed E-state index contributed by atoms with van der Waals surface area (Å²) in [5, 5.41) is 15.5. The van der Waals surface area contributed by atoms with Crippen LogP contribution >= 0.6 is 0 Å². The van der Waals surface area contributed by atoms with Crippen molar-refractivity contribution in [1.82, 2.24) is 29.4 Å². The minimum absolute atomic E-state index is 0.00765. The van der Waals surface area contributed by atoms with Gasteiger partial charge in [-0.05, 0) is 50.1 Å². The van der Waals surface area contributed by atoms with Gasteiger partial charge in [-0.1, -0.05) is 12.1 Å². The average Bonchev–Trinajstić information content (AvgIpc) is 3.54. The van der Waals surface area contributed by atoms with E-state index in [2.05, 4.69) is 67.8 Å². The second kappa shape index (κ2) is 6.85. The fourth-order valence-electron chi connectivity index (χ4n) is 5.16. The van der Waals surface area contributed by atoms with E-state index in [1.54, 1.807) is 4.68 Å². The van der Waals surface area contributed by atoms with Gasteiger partial charge < -0.3 is 14.8 Å². The standard InChI is InChI=1S/C24H25N7O/c1-16-17(15-29(2)28-16)19-14-20(27-26-19)23(32)30-12-9-24(10-13-30)22-8-5-11-31(22)21-7-4-3-6-18(21)25-24/h3-8,11,14-15,25H,9-10,12-13H2,1-2H3,(H,26,27). The Hall–Kier alpha value is -3.81. The zero-order valence-electron chi connectivity index (χ0n) is 18.2. The number of piperidine rings is 1. The number of aryl methyl sites for hydroxylation is 2. The number of anilines is 1. The van der Waals surface area contributed by atoms with Gasteiger partial charge in [-0.3, -0.25) is 14.6 Å². The van der Waals surface area contributed by atoms with Crippen molar-refractivity contribution in [3.05, 3.63) is 71.9 Å². The number of rotatable bonds is 2. The van der Waals surface area contributed by atoms with E-state index >= 15 is 0 Å². The van der Waals surface area contributed by atoms with Crippen LogP contribution in [-0.2, 0) is 12.6 Å². The van der Waals surface area contributed by atoms with Gasteiger partial charge in [0.25, 0.3) is 5.91 Å². The summed E-state index contributed by atoms with van der Waals surface area (Å²) in [4.78, 5) is 15.1. The molecule has 8 nitrogen and oxygen atoms in total. The van der Waals surface area contributed by atoms with E-state index in [1.807, 2.05) is 31.1 Å². The normalized spacial score (nSPS) is 16.5. The summed E-state index contributed by atoms with van der Waals surface area (Å²) in [6.07, 6.45) is 5.74. The van der Waals surface area contributed by atoms with Crippen LogP contribution in [0.5, 0.6) is 0 Å². The molecule has 8 heteroatoms. The molecule has 3 aromatic heterocycles. The predicted octanol–water partition coefficient (Wildman–Crippen LogP) is 3.47. The van der Waals surface area contributed by atoms with Gasteiger partial charge in [0.2, 0.25) is 0 Å². The second-order valence-electron chi connectivity index (χ2n) is 8.75. The van der Waals surface area contributed by atoms with Gasteiger partial charge in [-0.25, -0.2) is 0 Å². The molecule has 0 saturated carbocycles. The van der Waals surface area contributed by atoms with Crippen molar-refractivity contribution in [2.24, 2.45) is 7.05 Å². The minimum atomic E-state index is -0.166. The van der Waals surface area contributed by atoms with Crippen LogP contribution in [0, 0.1) is 6.92 Å². The first kappa shape index (κ1) is 18.9. The molecular formula is C24H25N7O. The van der Waals surface area contributed by atoms with Crippen LogP contribution in [0.3, 0.4) is 0 Å². The Kier molecular flexibility index (Phi) is 4.05. The zero-order chi connectivity index (χ0) is 21.9. The first-order chi connectivity index (χ1) is 15.5. The molecule has 1 fully saturated rings.